The van der Waals surface area contributed by atoms with Crippen molar-refractivity contribution in [2.75, 3.05) is 0 Å². The van der Waals surface area contributed by atoms with Crippen LogP contribution in [0.5, 0.6) is 0 Å². The second kappa shape index (κ2) is 7.78. The van der Waals surface area contributed by atoms with Crippen molar-refractivity contribution in [2.24, 2.45) is 17.1 Å². The Morgan fingerprint density at radius 2 is 1.72 bits per heavy atom. The summed E-state index contributed by atoms with van der Waals surface area (Å²) in [5.74, 6) is 0.774. The van der Waals surface area contributed by atoms with Gasteiger partial charge in [0.2, 0.25) is 5.91 Å². The van der Waals surface area contributed by atoms with E-state index in [0.717, 1.165) is 19.3 Å². The summed E-state index contributed by atoms with van der Waals surface area (Å²) in [4.78, 5) is 11.8. The zero-order chi connectivity index (χ0) is 14.3. The lowest BCUT2D eigenvalue weighted by atomic mass is 9.87. The number of hydrogen-bond donors (Lipinski definition) is 2. The van der Waals surface area contributed by atoms with Crippen molar-refractivity contribution in [3.63, 3.8) is 0 Å². The Kier molecular flexibility index (Phi) is 7.53. The van der Waals surface area contributed by atoms with Gasteiger partial charge in [-0.3, -0.25) is 4.79 Å². The van der Waals surface area contributed by atoms with E-state index in [1.807, 2.05) is 0 Å². The van der Waals surface area contributed by atoms with Crippen LogP contribution in [-0.2, 0) is 4.79 Å². The van der Waals surface area contributed by atoms with Crippen LogP contribution in [0.2, 0.25) is 0 Å². The molecule has 3 heteroatoms. The quantitative estimate of drug-likeness (QED) is 0.735. The third-order valence-corrected chi connectivity index (χ3v) is 2.91. The van der Waals surface area contributed by atoms with E-state index in [9.17, 15) is 4.79 Å². The van der Waals surface area contributed by atoms with Gasteiger partial charge in [0.15, 0.2) is 0 Å². The Morgan fingerprint density at radius 1 is 1.17 bits per heavy atom. The van der Waals surface area contributed by atoms with Gasteiger partial charge in [0.25, 0.3) is 0 Å². The first-order chi connectivity index (χ1) is 8.10. The van der Waals surface area contributed by atoms with E-state index >= 15 is 0 Å². The minimum Gasteiger partial charge on any atom is -0.354 e. The van der Waals surface area contributed by atoms with E-state index in [-0.39, 0.29) is 23.4 Å². The van der Waals surface area contributed by atoms with E-state index in [2.05, 4.69) is 46.9 Å². The molecule has 0 fully saturated rings. The van der Waals surface area contributed by atoms with Crippen LogP contribution in [-0.4, -0.2) is 18.0 Å². The fourth-order valence-corrected chi connectivity index (χ4v) is 2.09. The molecule has 1 amide bonds. The molecule has 0 rings (SSSR count). The lowest BCUT2D eigenvalue weighted by Gasteiger charge is -2.23. The van der Waals surface area contributed by atoms with Gasteiger partial charge in [0.05, 0.1) is 0 Å². The lowest BCUT2D eigenvalue weighted by molar-refractivity contribution is -0.122. The van der Waals surface area contributed by atoms with E-state index in [0.29, 0.717) is 12.3 Å². The number of hydrogen-bond acceptors (Lipinski definition) is 2. The first kappa shape index (κ1) is 17.4. The van der Waals surface area contributed by atoms with Crippen LogP contribution in [0, 0.1) is 11.3 Å². The van der Waals surface area contributed by atoms with E-state index < -0.39 is 0 Å². The molecule has 3 nitrogen and oxygen atoms in total. The summed E-state index contributed by atoms with van der Waals surface area (Å²) in [6.07, 6.45) is 3.50. The van der Waals surface area contributed by atoms with E-state index in [1.54, 1.807) is 0 Å². The summed E-state index contributed by atoms with van der Waals surface area (Å²) in [6.45, 7) is 12.9. The standard InChI is InChI=1S/C15H32N2O/c1-11(2)7-8-12(3)17-14(18)9-13(16)10-15(4,5)6/h11-13H,7-10,16H2,1-6H3,(H,17,18). The normalized spacial score (nSPS) is 15.6. The van der Waals surface area contributed by atoms with Crippen molar-refractivity contribution in [3.05, 3.63) is 0 Å². The van der Waals surface area contributed by atoms with Gasteiger partial charge in [-0.1, -0.05) is 34.6 Å². The summed E-state index contributed by atoms with van der Waals surface area (Å²) < 4.78 is 0. The molecule has 0 aromatic heterocycles. The molecular formula is C15H32N2O. The maximum Gasteiger partial charge on any atom is 0.221 e. The predicted molar refractivity (Wildman–Crippen MR) is 78.3 cm³/mol. The summed E-state index contributed by atoms with van der Waals surface area (Å²) in [5.41, 5.74) is 6.18. The Labute approximate surface area is 113 Å². The number of amides is 1. The summed E-state index contributed by atoms with van der Waals surface area (Å²) in [6, 6.07) is 0.212. The second-order valence-electron chi connectivity index (χ2n) is 7.17. The molecule has 0 aliphatic carbocycles. The molecule has 3 N–H and O–H groups in total. The molecule has 0 saturated carbocycles. The highest BCUT2D eigenvalue weighted by atomic mass is 16.1. The Balaban J connectivity index is 3.89. The zero-order valence-corrected chi connectivity index (χ0v) is 13.0. The number of carbonyl (C=O) groups excluding carboxylic acids is 1. The summed E-state index contributed by atoms with van der Waals surface area (Å²) in [7, 11) is 0. The van der Waals surface area contributed by atoms with Gasteiger partial charge in [-0.2, -0.15) is 0 Å². The maximum absolute atomic E-state index is 11.8. The monoisotopic (exact) mass is 256 g/mol. The highest BCUT2D eigenvalue weighted by molar-refractivity contribution is 5.76. The minimum absolute atomic E-state index is 0.0395. The summed E-state index contributed by atoms with van der Waals surface area (Å²) in [5, 5.41) is 3.03. The van der Waals surface area contributed by atoms with Crippen LogP contribution in [0.25, 0.3) is 0 Å². The Hall–Kier alpha value is -0.570. The molecule has 2 unspecified atom stereocenters. The fourth-order valence-electron chi connectivity index (χ4n) is 2.09. The van der Waals surface area contributed by atoms with Gasteiger partial charge < -0.3 is 11.1 Å². The molecular weight excluding hydrogens is 224 g/mol. The lowest BCUT2D eigenvalue weighted by Crippen LogP contribution is -2.38. The number of nitrogens with one attached hydrogen (secondary N) is 1. The van der Waals surface area contributed by atoms with Gasteiger partial charge in [0.1, 0.15) is 0 Å². The van der Waals surface area contributed by atoms with Crippen molar-refractivity contribution in [1.29, 1.82) is 0 Å². The second-order valence-corrected chi connectivity index (χ2v) is 7.17. The minimum atomic E-state index is -0.0395. The van der Waals surface area contributed by atoms with Crippen LogP contribution in [0.3, 0.4) is 0 Å². The highest BCUT2D eigenvalue weighted by Crippen LogP contribution is 2.21. The van der Waals surface area contributed by atoms with Gasteiger partial charge in [-0.05, 0) is 37.5 Å². The van der Waals surface area contributed by atoms with Gasteiger partial charge in [0, 0.05) is 18.5 Å². The molecule has 0 spiro atoms. The molecule has 0 bridgehead atoms. The highest BCUT2D eigenvalue weighted by Gasteiger charge is 2.18. The van der Waals surface area contributed by atoms with Gasteiger partial charge in [-0.25, -0.2) is 0 Å². The van der Waals surface area contributed by atoms with Crippen LogP contribution in [0.15, 0.2) is 0 Å². The van der Waals surface area contributed by atoms with Crippen molar-refractivity contribution >= 4 is 5.91 Å². The predicted octanol–water partition coefficient (Wildman–Crippen LogP) is 3.08. The first-order valence-corrected chi connectivity index (χ1v) is 7.15. The smallest absolute Gasteiger partial charge is 0.221 e. The van der Waals surface area contributed by atoms with Crippen LogP contribution in [0.4, 0.5) is 0 Å². The third-order valence-electron chi connectivity index (χ3n) is 2.91. The molecule has 0 aliphatic heterocycles. The number of nitrogens with two attached hydrogens (primary N) is 1. The molecule has 0 aromatic rings. The Bertz CT molecular complexity index is 243. The van der Waals surface area contributed by atoms with Crippen LogP contribution >= 0.6 is 0 Å². The number of carbonyl (C=O) groups is 1. The van der Waals surface area contributed by atoms with Crippen LogP contribution < -0.4 is 11.1 Å². The molecule has 0 aromatic carbocycles. The fraction of sp³-hybridized carbons (Fsp3) is 0.933. The topological polar surface area (TPSA) is 55.1 Å². The van der Waals surface area contributed by atoms with Gasteiger partial charge in [-0.15, -0.1) is 0 Å². The van der Waals surface area contributed by atoms with E-state index in [4.69, 9.17) is 5.73 Å². The molecule has 0 heterocycles. The first-order valence-electron chi connectivity index (χ1n) is 7.15. The molecule has 0 radical (unpaired) electrons. The molecule has 0 saturated heterocycles. The van der Waals surface area contributed by atoms with Crippen molar-refractivity contribution in [1.82, 2.24) is 5.32 Å². The van der Waals surface area contributed by atoms with E-state index in [1.165, 1.54) is 0 Å². The summed E-state index contributed by atoms with van der Waals surface area (Å²) >= 11 is 0. The van der Waals surface area contributed by atoms with Crippen molar-refractivity contribution in [3.8, 4) is 0 Å². The van der Waals surface area contributed by atoms with Crippen molar-refractivity contribution in [2.45, 2.75) is 79.3 Å². The average molecular weight is 256 g/mol. The molecule has 18 heavy (non-hydrogen) atoms. The third kappa shape index (κ3) is 10.6. The SMILES string of the molecule is CC(C)CCC(C)NC(=O)CC(N)CC(C)(C)C. The van der Waals surface area contributed by atoms with Crippen molar-refractivity contribution < 1.29 is 4.79 Å². The van der Waals surface area contributed by atoms with Crippen LogP contribution in [0.1, 0.15) is 67.2 Å². The Morgan fingerprint density at radius 3 is 2.17 bits per heavy atom. The molecule has 2 atom stereocenters. The zero-order valence-electron chi connectivity index (χ0n) is 13.0. The molecule has 0 aliphatic rings. The van der Waals surface area contributed by atoms with Gasteiger partial charge >= 0.3 is 0 Å². The average Bonchev–Trinajstić information content (AvgIpc) is 2.10. The number of rotatable bonds is 7. The molecule has 108 valence electrons. The largest absolute Gasteiger partial charge is 0.354 e. The maximum atomic E-state index is 11.8.